The lowest BCUT2D eigenvalue weighted by Crippen LogP contribution is -2.45. The number of halogens is 1. The number of carbonyl (C=O) groups excluding carboxylic acids is 1. The zero-order valence-electron chi connectivity index (χ0n) is 15.8. The Balaban J connectivity index is 1.85. The Labute approximate surface area is 164 Å². The Bertz CT molecular complexity index is 1160. The largest absolute Gasteiger partial charge is 0.497 e. The summed E-state index contributed by atoms with van der Waals surface area (Å²) in [6.45, 7) is 0.0439. The van der Waals surface area contributed by atoms with Crippen LogP contribution in [-0.4, -0.2) is 48.3 Å². The van der Waals surface area contributed by atoms with Crippen LogP contribution in [0.2, 0.25) is 0 Å². The molecule has 0 bridgehead atoms. The number of H-pyrrole nitrogens is 1. The maximum atomic E-state index is 14.9. The number of fused-ring (bicyclic) bond motifs is 3. The Morgan fingerprint density at radius 3 is 2.69 bits per heavy atom. The number of benzene rings is 1. The van der Waals surface area contributed by atoms with Gasteiger partial charge in [0.1, 0.15) is 17.1 Å². The molecular weight excluding hydrogens is 383 g/mol. The number of hydrogen-bond donors (Lipinski definition) is 2. The van der Waals surface area contributed by atoms with Gasteiger partial charge in [0, 0.05) is 36.3 Å². The smallest absolute Gasteiger partial charge is 0.352 e. The number of methoxy groups -OCH3 is 2. The molecule has 150 valence electrons. The van der Waals surface area contributed by atoms with Crippen LogP contribution in [0.25, 0.3) is 11.0 Å². The number of rotatable bonds is 4. The third-order valence-corrected chi connectivity index (χ3v) is 4.86. The van der Waals surface area contributed by atoms with Crippen LogP contribution >= 0.6 is 0 Å². The van der Waals surface area contributed by atoms with Gasteiger partial charge in [0.15, 0.2) is 11.6 Å². The van der Waals surface area contributed by atoms with E-state index in [0.29, 0.717) is 28.0 Å². The Hall–Kier alpha value is -3.82. The van der Waals surface area contributed by atoms with Gasteiger partial charge in [-0.05, 0) is 6.07 Å². The predicted octanol–water partition coefficient (Wildman–Crippen LogP) is 2.99. The molecule has 9 nitrogen and oxygen atoms in total. The molecule has 2 aromatic heterocycles. The number of aromatic carboxylic acids is 1. The maximum absolute atomic E-state index is 14.9. The molecule has 1 aromatic carbocycles. The van der Waals surface area contributed by atoms with Gasteiger partial charge in [0.25, 0.3) is 0 Å². The Morgan fingerprint density at radius 1 is 1.28 bits per heavy atom. The molecule has 2 amide bonds. The molecule has 1 aliphatic heterocycles. The number of aromatic nitrogens is 2. The van der Waals surface area contributed by atoms with Gasteiger partial charge in [0.2, 0.25) is 0 Å². The van der Waals surface area contributed by atoms with E-state index in [-0.39, 0.29) is 23.7 Å². The zero-order valence-corrected chi connectivity index (χ0v) is 15.8. The number of ether oxygens (including phenoxy) is 2. The molecule has 0 unspecified atom stereocenters. The van der Waals surface area contributed by atoms with E-state index in [2.05, 4.69) is 9.97 Å². The lowest BCUT2D eigenvalue weighted by molar-refractivity contribution is 0.0691. The van der Waals surface area contributed by atoms with E-state index < -0.39 is 17.8 Å². The SMILES string of the molecule is COc1cc(OC)c(F)c(N2Cc3cnc4[nH]c(C(=O)O)cc4c3N(C)C2=O)c1. The molecule has 29 heavy (non-hydrogen) atoms. The molecule has 0 saturated heterocycles. The summed E-state index contributed by atoms with van der Waals surface area (Å²) in [5, 5.41) is 9.71. The number of nitrogens with one attached hydrogen (secondary N) is 1. The number of amides is 2. The predicted molar refractivity (Wildman–Crippen MR) is 103 cm³/mol. The summed E-state index contributed by atoms with van der Waals surface area (Å²) in [5.41, 5.74) is 1.48. The molecule has 1 aliphatic rings. The summed E-state index contributed by atoms with van der Waals surface area (Å²) >= 11 is 0. The fraction of sp³-hybridized carbons (Fsp3) is 0.211. The number of carboxylic acids is 1. The molecular formula is C19H17FN4O5. The van der Waals surface area contributed by atoms with Crippen LogP contribution in [0.5, 0.6) is 11.5 Å². The van der Waals surface area contributed by atoms with Crippen molar-refractivity contribution in [2.75, 3.05) is 31.1 Å². The second-order valence-electron chi connectivity index (χ2n) is 6.47. The van der Waals surface area contributed by atoms with Gasteiger partial charge in [-0.1, -0.05) is 0 Å². The van der Waals surface area contributed by atoms with Crippen molar-refractivity contribution in [3.8, 4) is 11.5 Å². The summed E-state index contributed by atoms with van der Waals surface area (Å²) < 4.78 is 25.2. The van der Waals surface area contributed by atoms with E-state index >= 15 is 0 Å². The van der Waals surface area contributed by atoms with Crippen molar-refractivity contribution in [1.29, 1.82) is 0 Å². The van der Waals surface area contributed by atoms with Crippen molar-refractivity contribution in [2.24, 2.45) is 0 Å². The first-order valence-electron chi connectivity index (χ1n) is 8.56. The summed E-state index contributed by atoms with van der Waals surface area (Å²) in [6.07, 6.45) is 1.53. The van der Waals surface area contributed by atoms with Crippen molar-refractivity contribution in [3.05, 3.63) is 41.5 Å². The van der Waals surface area contributed by atoms with Gasteiger partial charge in [-0.25, -0.2) is 19.0 Å². The monoisotopic (exact) mass is 400 g/mol. The van der Waals surface area contributed by atoms with E-state index in [4.69, 9.17) is 9.47 Å². The Morgan fingerprint density at radius 2 is 2.03 bits per heavy atom. The molecule has 0 radical (unpaired) electrons. The van der Waals surface area contributed by atoms with Crippen molar-refractivity contribution in [2.45, 2.75) is 6.54 Å². The molecule has 0 fully saturated rings. The van der Waals surface area contributed by atoms with Gasteiger partial charge in [-0.3, -0.25) is 9.80 Å². The van der Waals surface area contributed by atoms with Gasteiger partial charge in [-0.15, -0.1) is 0 Å². The van der Waals surface area contributed by atoms with Gasteiger partial charge < -0.3 is 19.6 Å². The summed E-state index contributed by atoms with van der Waals surface area (Å²) in [5.74, 6) is -1.54. The van der Waals surface area contributed by atoms with Gasteiger partial charge in [-0.2, -0.15) is 0 Å². The van der Waals surface area contributed by atoms with Crippen LogP contribution in [0.3, 0.4) is 0 Å². The summed E-state index contributed by atoms with van der Waals surface area (Å²) in [6, 6.07) is 3.75. The standard InChI is InChI=1S/C19H17FN4O5/c1-23-16-9(7-21-17-11(16)6-12(22-17)18(25)26)8-24(19(23)27)13-4-10(28-2)5-14(29-3)15(13)20/h4-7H,8H2,1-3H3,(H,21,22)(H,25,26). The zero-order chi connectivity index (χ0) is 20.9. The molecule has 0 spiro atoms. The topological polar surface area (TPSA) is 108 Å². The highest BCUT2D eigenvalue weighted by Crippen LogP contribution is 2.39. The van der Waals surface area contributed by atoms with E-state index in [1.165, 1.54) is 55.5 Å². The van der Waals surface area contributed by atoms with Crippen molar-refractivity contribution in [3.63, 3.8) is 0 Å². The molecule has 0 aliphatic carbocycles. The van der Waals surface area contributed by atoms with E-state index in [1.54, 1.807) is 0 Å². The van der Waals surface area contributed by atoms with Gasteiger partial charge >= 0.3 is 12.0 Å². The number of carbonyl (C=O) groups is 2. The third-order valence-electron chi connectivity index (χ3n) is 4.86. The minimum absolute atomic E-state index is 0.00379. The number of urea groups is 1. The van der Waals surface area contributed by atoms with Crippen LogP contribution in [0.4, 0.5) is 20.6 Å². The number of aromatic amines is 1. The number of pyridine rings is 1. The molecule has 10 heteroatoms. The first-order chi connectivity index (χ1) is 13.8. The molecule has 3 aromatic rings. The summed E-state index contributed by atoms with van der Waals surface area (Å²) in [4.78, 5) is 33.9. The number of anilines is 2. The maximum Gasteiger partial charge on any atom is 0.352 e. The number of carboxylic acid groups (broad SMARTS) is 1. The van der Waals surface area contributed by atoms with E-state index in [9.17, 15) is 19.1 Å². The first kappa shape index (κ1) is 18.5. The van der Waals surface area contributed by atoms with E-state index in [1.807, 2.05) is 0 Å². The lowest BCUT2D eigenvalue weighted by Gasteiger charge is -2.35. The number of hydrogen-bond acceptors (Lipinski definition) is 5. The minimum atomic E-state index is -1.13. The van der Waals surface area contributed by atoms with Crippen LogP contribution in [0, 0.1) is 5.82 Å². The van der Waals surface area contributed by atoms with Gasteiger partial charge in [0.05, 0.1) is 32.1 Å². The number of nitrogens with zero attached hydrogens (tertiary/aromatic N) is 3. The molecule has 0 atom stereocenters. The molecule has 0 saturated carbocycles. The van der Waals surface area contributed by atoms with Crippen LogP contribution in [0.15, 0.2) is 24.4 Å². The van der Waals surface area contributed by atoms with Crippen LogP contribution in [0.1, 0.15) is 16.1 Å². The summed E-state index contributed by atoms with van der Waals surface area (Å²) in [7, 11) is 4.30. The average molecular weight is 400 g/mol. The average Bonchev–Trinajstić information content (AvgIpc) is 3.15. The Kier molecular flexibility index (Phi) is 4.26. The van der Waals surface area contributed by atoms with E-state index in [0.717, 1.165) is 0 Å². The molecule has 2 N–H and O–H groups in total. The highest BCUT2D eigenvalue weighted by molar-refractivity contribution is 6.12. The molecule has 4 rings (SSSR count). The van der Waals surface area contributed by atoms with Crippen molar-refractivity contribution in [1.82, 2.24) is 9.97 Å². The minimum Gasteiger partial charge on any atom is -0.497 e. The second kappa shape index (κ2) is 6.66. The second-order valence-corrected chi connectivity index (χ2v) is 6.47. The lowest BCUT2D eigenvalue weighted by atomic mass is 10.1. The molecule has 3 heterocycles. The first-order valence-corrected chi connectivity index (χ1v) is 8.56. The fourth-order valence-electron chi connectivity index (χ4n) is 3.45. The fourth-order valence-corrected chi connectivity index (χ4v) is 3.45. The highest BCUT2D eigenvalue weighted by Gasteiger charge is 2.33. The van der Waals surface area contributed by atoms with Crippen molar-refractivity contribution >= 4 is 34.4 Å². The quantitative estimate of drug-likeness (QED) is 0.697. The highest BCUT2D eigenvalue weighted by atomic mass is 19.1. The normalized spacial score (nSPS) is 13.6. The van der Waals surface area contributed by atoms with Crippen LogP contribution in [-0.2, 0) is 6.54 Å². The van der Waals surface area contributed by atoms with Crippen molar-refractivity contribution < 1.29 is 28.6 Å². The third kappa shape index (κ3) is 2.80. The van der Waals surface area contributed by atoms with Crippen LogP contribution < -0.4 is 19.3 Å².